The van der Waals surface area contributed by atoms with Crippen LogP contribution in [0.2, 0.25) is 0 Å². The lowest BCUT2D eigenvalue weighted by Gasteiger charge is -2.27. The highest BCUT2D eigenvalue weighted by Gasteiger charge is 2.34. The number of carbonyl (C=O) groups is 1. The Morgan fingerprint density at radius 3 is 2.72 bits per heavy atom. The quantitative estimate of drug-likeness (QED) is 0.650. The van der Waals surface area contributed by atoms with Crippen molar-refractivity contribution in [2.75, 3.05) is 25.1 Å². The number of aromatic nitrogens is 1. The fraction of sp³-hybridized carbons (Fsp3) is 0.348. The Hall–Kier alpha value is -2.57. The lowest BCUT2D eigenvalue weighted by molar-refractivity contribution is -0.910. The summed E-state index contributed by atoms with van der Waals surface area (Å²) in [6, 6.07) is 16.6. The monoisotopic (exact) mass is 410 g/mol. The third-order valence-electron chi connectivity index (χ3n) is 5.78. The van der Waals surface area contributed by atoms with Crippen molar-refractivity contribution in [3.63, 3.8) is 0 Å². The Morgan fingerprint density at radius 2 is 2.07 bits per heavy atom. The Labute approximate surface area is 176 Å². The first kappa shape index (κ1) is 19.7. The molecule has 3 heterocycles. The number of ether oxygens (including phenoxy) is 1. The molecule has 3 aromatic rings. The zero-order valence-corrected chi connectivity index (χ0v) is 17.8. The van der Waals surface area contributed by atoms with Crippen LogP contribution in [-0.4, -0.2) is 30.7 Å². The molecule has 1 aliphatic rings. The van der Waals surface area contributed by atoms with Crippen LogP contribution < -0.4 is 14.5 Å². The second-order valence-corrected chi connectivity index (χ2v) is 8.61. The minimum absolute atomic E-state index is 0.166. The Bertz CT molecular complexity index is 933. The normalized spacial score (nSPS) is 18.7. The first-order valence-electron chi connectivity index (χ1n) is 10.1. The summed E-state index contributed by atoms with van der Waals surface area (Å²) < 4.78 is 7.47. The van der Waals surface area contributed by atoms with Gasteiger partial charge in [0, 0.05) is 36.7 Å². The van der Waals surface area contributed by atoms with Crippen LogP contribution in [-0.2, 0) is 18.4 Å². The number of carbonyl (C=O) groups excluding carboxylic acids is 1. The van der Waals surface area contributed by atoms with Crippen LogP contribution in [0.4, 0.5) is 5.69 Å². The second-order valence-electron chi connectivity index (χ2n) is 7.58. The molecule has 1 aromatic carbocycles. The number of amides is 1. The van der Waals surface area contributed by atoms with Gasteiger partial charge < -0.3 is 19.1 Å². The number of quaternary nitrogens is 1. The minimum atomic E-state index is 0.166. The van der Waals surface area contributed by atoms with E-state index in [1.807, 2.05) is 35.2 Å². The smallest absolute Gasteiger partial charge is 0.282 e. The van der Waals surface area contributed by atoms with Gasteiger partial charge in [0.1, 0.15) is 11.8 Å². The van der Waals surface area contributed by atoms with E-state index in [1.165, 1.54) is 15.5 Å². The molecule has 152 valence electrons. The molecule has 1 saturated heterocycles. The van der Waals surface area contributed by atoms with Crippen molar-refractivity contribution in [2.24, 2.45) is 7.05 Å². The average molecular weight is 411 g/mol. The molecule has 1 amide bonds. The first-order valence-corrected chi connectivity index (χ1v) is 11.0. The number of methoxy groups -OCH3 is 1. The predicted molar refractivity (Wildman–Crippen MR) is 117 cm³/mol. The molecule has 0 aliphatic carbocycles. The van der Waals surface area contributed by atoms with Crippen LogP contribution >= 0.6 is 11.3 Å². The maximum atomic E-state index is 13.5. The van der Waals surface area contributed by atoms with Crippen molar-refractivity contribution in [1.82, 2.24) is 4.57 Å². The summed E-state index contributed by atoms with van der Waals surface area (Å²) in [5, 5.41) is 2.06. The molecule has 6 heteroatoms. The summed E-state index contributed by atoms with van der Waals surface area (Å²) in [6.07, 6.45) is 4.38. The zero-order valence-electron chi connectivity index (χ0n) is 17.0. The summed E-state index contributed by atoms with van der Waals surface area (Å²) in [5.74, 6) is 0.964. The van der Waals surface area contributed by atoms with Gasteiger partial charge in [0.05, 0.1) is 25.9 Å². The molecule has 29 heavy (non-hydrogen) atoms. The number of hydrogen-bond acceptors (Lipinski definition) is 3. The molecule has 2 atom stereocenters. The second kappa shape index (κ2) is 8.84. The van der Waals surface area contributed by atoms with Crippen LogP contribution in [0.25, 0.3) is 0 Å². The van der Waals surface area contributed by atoms with Gasteiger partial charge in [-0.05, 0) is 47.8 Å². The topological polar surface area (TPSA) is 38.9 Å². The molecule has 1 aliphatic heterocycles. The van der Waals surface area contributed by atoms with Crippen LogP contribution in [0.15, 0.2) is 60.1 Å². The molecule has 0 saturated carbocycles. The molecule has 1 N–H and O–H groups in total. The molecular weight excluding hydrogens is 382 g/mol. The highest BCUT2D eigenvalue weighted by molar-refractivity contribution is 7.09. The average Bonchev–Trinajstić information content (AvgIpc) is 3.48. The molecule has 1 fully saturated rings. The van der Waals surface area contributed by atoms with Gasteiger partial charge in [-0.3, -0.25) is 4.79 Å². The Kier molecular flexibility index (Phi) is 6.02. The van der Waals surface area contributed by atoms with Crippen molar-refractivity contribution in [3.8, 4) is 5.75 Å². The van der Waals surface area contributed by atoms with Gasteiger partial charge in [-0.1, -0.05) is 6.07 Å². The van der Waals surface area contributed by atoms with Crippen molar-refractivity contribution in [3.05, 3.63) is 70.7 Å². The fourth-order valence-corrected chi connectivity index (χ4v) is 4.94. The maximum absolute atomic E-state index is 13.5. The van der Waals surface area contributed by atoms with E-state index in [4.69, 9.17) is 4.74 Å². The van der Waals surface area contributed by atoms with E-state index in [0.29, 0.717) is 19.1 Å². The number of aryl methyl sites for hydroxylation is 1. The van der Waals surface area contributed by atoms with Crippen LogP contribution in [0.5, 0.6) is 5.75 Å². The molecular formula is C23H28N3O2S+. The molecule has 2 aromatic heterocycles. The SMILES string of the molecule is COc1ccc(N(Cc2cccs2)C(=O)C[NH+]2CCC[C@@H]2c2cccn2C)cc1. The number of thiophene rings is 1. The van der Waals surface area contributed by atoms with Crippen molar-refractivity contribution in [2.45, 2.75) is 25.4 Å². The van der Waals surface area contributed by atoms with Gasteiger partial charge in [0.25, 0.3) is 5.91 Å². The van der Waals surface area contributed by atoms with E-state index in [0.717, 1.165) is 30.8 Å². The Morgan fingerprint density at radius 1 is 1.24 bits per heavy atom. The summed E-state index contributed by atoms with van der Waals surface area (Å²) in [7, 11) is 3.75. The number of hydrogen-bond donors (Lipinski definition) is 1. The third kappa shape index (κ3) is 4.38. The maximum Gasteiger partial charge on any atom is 0.282 e. The van der Waals surface area contributed by atoms with Gasteiger partial charge in [-0.2, -0.15) is 0 Å². The van der Waals surface area contributed by atoms with Crippen molar-refractivity contribution >= 4 is 22.9 Å². The summed E-state index contributed by atoms with van der Waals surface area (Å²) in [5.41, 5.74) is 2.23. The van der Waals surface area contributed by atoms with E-state index in [9.17, 15) is 4.79 Å². The van der Waals surface area contributed by atoms with Crippen molar-refractivity contribution in [1.29, 1.82) is 0 Å². The Balaban J connectivity index is 1.54. The molecule has 0 radical (unpaired) electrons. The number of anilines is 1. The number of likely N-dealkylation sites (tertiary alicyclic amines) is 1. The molecule has 4 rings (SSSR count). The van der Waals surface area contributed by atoms with Gasteiger partial charge in [0.2, 0.25) is 0 Å². The summed E-state index contributed by atoms with van der Waals surface area (Å²) >= 11 is 1.69. The lowest BCUT2D eigenvalue weighted by Crippen LogP contribution is -3.11. The van der Waals surface area contributed by atoms with E-state index >= 15 is 0 Å². The number of rotatable bonds is 7. The van der Waals surface area contributed by atoms with E-state index in [2.05, 4.69) is 41.4 Å². The van der Waals surface area contributed by atoms with E-state index < -0.39 is 0 Å². The first-order chi connectivity index (χ1) is 14.2. The summed E-state index contributed by atoms with van der Waals surface area (Å²) in [4.78, 5) is 17.9. The standard InChI is InChI=1S/C23H27N3O2S/c1-24-13-3-7-21(24)22-8-4-14-25(22)17-23(27)26(16-20-6-5-15-29-20)18-9-11-19(28-2)12-10-18/h3,5-7,9-13,15,22H,4,8,14,16-17H2,1-2H3/p+1/t22-/m1/s1. The largest absolute Gasteiger partial charge is 0.497 e. The van der Waals surface area contributed by atoms with Gasteiger partial charge in [-0.15, -0.1) is 11.3 Å². The van der Waals surface area contributed by atoms with Crippen LogP contribution in [0.1, 0.15) is 29.5 Å². The van der Waals surface area contributed by atoms with Crippen LogP contribution in [0.3, 0.4) is 0 Å². The fourth-order valence-electron chi connectivity index (χ4n) is 4.25. The van der Waals surface area contributed by atoms with E-state index in [1.54, 1.807) is 18.4 Å². The third-order valence-corrected chi connectivity index (χ3v) is 6.64. The zero-order chi connectivity index (χ0) is 20.2. The van der Waals surface area contributed by atoms with Crippen LogP contribution in [0, 0.1) is 0 Å². The molecule has 5 nitrogen and oxygen atoms in total. The molecule has 1 unspecified atom stereocenters. The number of nitrogens with zero attached hydrogens (tertiary/aromatic N) is 2. The van der Waals surface area contributed by atoms with Gasteiger partial charge >= 0.3 is 0 Å². The molecule has 0 bridgehead atoms. The number of nitrogens with one attached hydrogen (secondary N) is 1. The highest BCUT2D eigenvalue weighted by atomic mass is 32.1. The predicted octanol–water partition coefficient (Wildman–Crippen LogP) is 3.05. The highest BCUT2D eigenvalue weighted by Crippen LogP contribution is 2.23. The van der Waals surface area contributed by atoms with Gasteiger partial charge in [0.15, 0.2) is 6.54 Å². The summed E-state index contributed by atoms with van der Waals surface area (Å²) in [6.45, 7) is 2.15. The van der Waals surface area contributed by atoms with Crippen molar-refractivity contribution < 1.29 is 14.4 Å². The minimum Gasteiger partial charge on any atom is -0.497 e. The van der Waals surface area contributed by atoms with Gasteiger partial charge in [-0.25, -0.2) is 0 Å². The van der Waals surface area contributed by atoms with E-state index in [-0.39, 0.29) is 5.91 Å². The number of benzene rings is 1. The molecule has 0 spiro atoms. The lowest BCUT2D eigenvalue weighted by atomic mass is 10.1.